The molecule has 0 aromatic carbocycles. The van der Waals surface area contributed by atoms with Gasteiger partial charge in [-0.25, -0.2) is 2.51 Å². The fourth-order valence-corrected chi connectivity index (χ4v) is 2.81. The summed E-state index contributed by atoms with van der Waals surface area (Å²) >= 11 is 2.51. The van der Waals surface area contributed by atoms with Crippen LogP contribution in [0.1, 0.15) is 13.8 Å². The smallest absolute Gasteiger partial charge is 0.186 e. The molecule has 0 saturated carbocycles. The van der Waals surface area contributed by atoms with Crippen LogP contribution in [0.4, 0.5) is 0 Å². The van der Waals surface area contributed by atoms with Crippen molar-refractivity contribution < 1.29 is 30.7 Å². The number of hydrogen-bond acceptors (Lipinski definition) is 8. The van der Waals surface area contributed by atoms with Crippen LogP contribution in [-0.2, 0) is 25.6 Å². The van der Waals surface area contributed by atoms with Crippen LogP contribution in [-0.4, -0.2) is 55.3 Å². The van der Waals surface area contributed by atoms with E-state index in [0.29, 0.717) is 0 Å². The first kappa shape index (κ1) is 16.2. The molecule has 2 heterocycles. The molecule has 0 radical (unpaired) electrons. The molecule has 0 aromatic rings. The normalized spacial score (nSPS) is 41.2. The minimum absolute atomic E-state index is 0.154. The van der Waals surface area contributed by atoms with Crippen LogP contribution in [0.15, 0.2) is 0 Å². The number of aliphatic hydroxyl groups is 1. The number of halogens is 1. The second-order valence-electron chi connectivity index (χ2n) is 4.75. The summed E-state index contributed by atoms with van der Waals surface area (Å²) in [6.07, 6.45) is -2.99. The van der Waals surface area contributed by atoms with Crippen molar-refractivity contribution in [1.29, 1.82) is 0 Å². The lowest BCUT2D eigenvalue weighted by Gasteiger charge is -2.38. The average molecular weight is 408 g/mol. The minimum Gasteiger partial charge on any atom is -0.387 e. The molecular weight excluding hydrogens is 391 g/mol. The highest BCUT2D eigenvalue weighted by Gasteiger charge is 2.55. The largest absolute Gasteiger partial charge is 0.387 e. The molecule has 0 bridgehead atoms. The molecule has 9 heteroatoms. The Morgan fingerprint density at radius 3 is 2.63 bits per heavy atom. The van der Waals surface area contributed by atoms with Gasteiger partial charge in [0, 0.05) is 7.11 Å². The first-order valence-corrected chi connectivity index (χ1v) is 7.32. The molecule has 0 amide bonds. The van der Waals surface area contributed by atoms with Gasteiger partial charge in [0.2, 0.25) is 0 Å². The van der Waals surface area contributed by atoms with Crippen LogP contribution in [0.2, 0.25) is 0 Å². The highest BCUT2D eigenvalue weighted by molar-refractivity contribution is 14.1. The number of aliphatic hydroxyl groups excluding tert-OH is 1. The van der Waals surface area contributed by atoms with E-state index < -0.39 is 36.5 Å². The molecule has 2 rings (SSSR count). The summed E-state index contributed by atoms with van der Waals surface area (Å²) in [6, 6.07) is 0. The van der Waals surface area contributed by atoms with Crippen molar-refractivity contribution in [3.63, 3.8) is 0 Å². The second kappa shape index (κ2) is 6.71. The molecule has 2 saturated heterocycles. The van der Waals surface area contributed by atoms with Crippen molar-refractivity contribution in [2.24, 2.45) is 0 Å². The van der Waals surface area contributed by atoms with Crippen molar-refractivity contribution in [2.75, 3.05) is 13.7 Å². The first-order chi connectivity index (χ1) is 8.98. The van der Waals surface area contributed by atoms with Crippen LogP contribution in [0.25, 0.3) is 0 Å². The van der Waals surface area contributed by atoms with Crippen LogP contribution in [0, 0.1) is 0 Å². The summed E-state index contributed by atoms with van der Waals surface area (Å²) in [4.78, 5) is 0. The van der Waals surface area contributed by atoms with Gasteiger partial charge in [0.05, 0.1) is 6.61 Å². The maximum atomic E-state index is 10.3. The lowest BCUT2D eigenvalue weighted by molar-refractivity contribution is -0.270. The molecule has 112 valence electrons. The molecule has 2 aliphatic rings. The Balaban J connectivity index is 2.02. The van der Waals surface area contributed by atoms with Crippen LogP contribution in [0.3, 0.4) is 0 Å². The van der Waals surface area contributed by atoms with E-state index in [2.05, 4.69) is 2.51 Å². The zero-order valence-electron chi connectivity index (χ0n) is 10.8. The average Bonchev–Trinajstić information content (AvgIpc) is 2.68. The van der Waals surface area contributed by atoms with Crippen molar-refractivity contribution in [3.8, 4) is 0 Å². The number of rotatable bonds is 5. The molecule has 1 N–H and O–H groups in total. The van der Waals surface area contributed by atoms with E-state index in [1.54, 1.807) is 36.9 Å². The van der Waals surface area contributed by atoms with E-state index in [1.807, 2.05) is 0 Å². The molecule has 0 aromatic heterocycles. The Labute approximate surface area is 130 Å². The topological polar surface area (TPSA) is 75.6 Å². The molecule has 0 aliphatic carbocycles. The Hall–Kier alpha value is 0.800. The molecule has 2 fully saturated rings. The maximum Gasteiger partial charge on any atom is 0.186 e. The van der Waals surface area contributed by atoms with Crippen molar-refractivity contribution in [1.82, 2.24) is 0 Å². The highest BCUT2D eigenvalue weighted by atomic mass is 127. The lowest BCUT2D eigenvalue weighted by Crippen LogP contribution is -2.57. The third-order valence-electron chi connectivity index (χ3n) is 3.00. The molecule has 2 unspecified atom stereocenters. The number of hydrogen-bond donors (Lipinski definition) is 1. The third-order valence-corrected chi connectivity index (χ3v) is 3.72. The Kier molecular flexibility index (Phi) is 5.71. The van der Waals surface area contributed by atoms with Crippen LogP contribution >= 0.6 is 35.3 Å². The minimum atomic E-state index is -0.854. The number of fused-ring (bicyclic) bond motifs is 1. The Morgan fingerprint density at radius 2 is 2.00 bits per heavy atom. The fourth-order valence-electron chi connectivity index (χ4n) is 2.27. The van der Waals surface area contributed by atoms with Gasteiger partial charge in [-0.3, -0.25) is 4.18 Å². The summed E-state index contributed by atoms with van der Waals surface area (Å²) in [7, 11) is 1.52. The fraction of sp³-hybridized carbons (Fsp3) is 1.00. The molecule has 0 spiro atoms. The molecular formula is C10H17IO7S. The standard InChI is InChI=1S/C10H17IO7S/c1-10(2)16-7-6(12)5(4-14-19-18-11)15-9(13-3)8(7)17-10/h5-9,12H,4H2,1-3H3/t5?,6-,7?,8+,9+/m1/s1. The molecule has 7 nitrogen and oxygen atoms in total. The number of methoxy groups -OCH3 is 1. The zero-order chi connectivity index (χ0) is 14.0. The summed E-state index contributed by atoms with van der Waals surface area (Å²) in [6.45, 7) is 3.73. The van der Waals surface area contributed by atoms with Gasteiger partial charge >= 0.3 is 0 Å². The predicted octanol–water partition coefficient (Wildman–Crippen LogP) is 1.19. The third kappa shape index (κ3) is 3.71. The Morgan fingerprint density at radius 1 is 1.32 bits per heavy atom. The van der Waals surface area contributed by atoms with Gasteiger partial charge in [-0.2, -0.15) is 0 Å². The zero-order valence-corrected chi connectivity index (χ0v) is 13.8. The molecule has 19 heavy (non-hydrogen) atoms. The van der Waals surface area contributed by atoms with Gasteiger partial charge in [0.15, 0.2) is 24.4 Å². The van der Waals surface area contributed by atoms with E-state index in [0.717, 1.165) is 12.3 Å². The van der Waals surface area contributed by atoms with Gasteiger partial charge in [0.1, 0.15) is 47.4 Å². The van der Waals surface area contributed by atoms with Crippen LogP contribution in [0.5, 0.6) is 0 Å². The summed E-state index contributed by atoms with van der Waals surface area (Å²) in [5, 5.41) is 10.3. The first-order valence-electron chi connectivity index (χ1n) is 5.77. The Bertz CT molecular complexity index is 306. The van der Waals surface area contributed by atoms with E-state index in [4.69, 9.17) is 23.1 Å². The van der Waals surface area contributed by atoms with Gasteiger partial charge in [0.25, 0.3) is 0 Å². The van der Waals surface area contributed by atoms with Crippen molar-refractivity contribution >= 4 is 35.3 Å². The quantitative estimate of drug-likeness (QED) is 0.413. The summed E-state index contributed by atoms with van der Waals surface area (Å²) in [5.74, 6) is -0.772. The summed E-state index contributed by atoms with van der Waals surface area (Å²) < 4.78 is 32.1. The van der Waals surface area contributed by atoms with E-state index >= 15 is 0 Å². The van der Waals surface area contributed by atoms with Gasteiger partial charge in [-0.05, 0) is 13.8 Å². The second-order valence-corrected chi connectivity index (χ2v) is 6.33. The maximum absolute atomic E-state index is 10.3. The lowest BCUT2D eigenvalue weighted by atomic mass is 9.99. The highest BCUT2D eigenvalue weighted by Crippen LogP contribution is 2.37. The van der Waals surface area contributed by atoms with E-state index in [9.17, 15) is 5.11 Å². The van der Waals surface area contributed by atoms with E-state index in [1.165, 1.54) is 7.11 Å². The predicted molar refractivity (Wildman–Crippen MR) is 74.1 cm³/mol. The summed E-state index contributed by atoms with van der Waals surface area (Å²) in [5.41, 5.74) is 0. The van der Waals surface area contributed by atoms with Crippen LogP contribution < -0.4 is 0 Å². The molecule has 2 aliphatic heterocycles. The monoisotopic (exact) mass is 408 g/mol. The van der Waals surface area contributed by atoms with Gasteiger partial charge in [-0.15, -0.1) is 0 Å². The van der Waals surface area contributed by atoms with E-state index in [-0.39, 0.29) is 6.61 Å². The van der Waals surface area contributed by atoms with Gasteiger partial charge < -0.3 is 24.1 Å². The van der Waals surface area contributed by atoms with Crippen molar-refractivity contribution in [2.45, 2.75) is 50.3 Å². The van der Waals surface area contributed by atoms with Crippen molar-refractivity contribution in [3.05, 3.63) is 0 Å². The SMILES string of the molecule is CO[C@H]1OC(COSOI)[C@@H](O)C2OC(C)(C)O[C@@H]21. The molecule has 5 atom stereocenters. The number of ether oxygens (including phenoxy) is 4. The van der Waals surface area contributed by atoms with Gasteiger partial charge in [-0.1, -0.05) is 0 Å².